The van der Waals surface area contributed by atoms with E-state index in [2.05, 4.69) is 311 Å². The molecule has 0 aromatic heterocycles. The van der Waals surface area contributed by atoms with Gasteiger partial charge in [0.15, 0.2) is 0 Å². The van der Waals surface area contributed by atoms with Crippen molar-refractivity contribution >= 4 is 101 Å². The van der Waals surface area contributed by atoms with Crippen molar-refractivity contribution in [3.8, 4) is 0 Å². The predicted molar refractivity (Wildman–Crippen MR) is 309 cm³/mol. The fourth-order valence-corrected chi connectivity index (χ4v) is 9.72. The lowest BCUT2D eigenvalue weighted by Crippen LogP contribution is -2.14. The van der Waals surface area contributed by atoms with Gasteiger partial charge in [0, 0.05) is 68.2 Å². The molecule has 12 aromatic rings. The predicted octanol–water partition coefficient (Wildman–Crippen LogP) is 20.1. The zero-order chi connectivity index (χ0) is 48.6. The minimum Gasteiger partial charge on any atom is -0.310 e. The lowest BCUT2D eigenvalue weighted by atomic mass is 10.1. The molecule has 12 aromatic carbocycles. The standard InChI is InChI=1S/C66H48N4.C2H6/c1-4-22-55(23-5-1)68(64-31-28-49-16-10-13-19-52(49)46-64)61-40-34-58(35-41-61)67(59-36-42-62(43-37-59)69(56-24-6-2-7-25-56)65-32-29-50-17-11-14-20-53(50)47-65)60-38-44-63(45-39-60)70(57-26-8-3-9-27-57)66-33-30-51-18-12-15-21-54(51)48-66;1-2/h1-48H;1-2H3. The van der Waals surface area contributed by atoms with Crippen LogP contribution in [0.4, 0.5) is 68.2 Å². The second kappa shape index (κ2) is 20.7. The molecule has 0 spiro atoms. The van der Waals surface area contributed by atoms with Gasteiger partial charge in [-0.3, -0.25) is 0 Å². The maximum absolute atomic E-state index is 2.35. The van der Waals surface area contributed by atoms with E-state index in [9.17, 15) is 0 Å². The van der Waals surface area contributed by atoms with E-state index >= 15 is 0 Å². The number of anilines is 12. The Morgan fingerprint density at radius 3 is 0.556 bits per heavy atom. The van der Waals surface area contributed by atoms with Gasteiger partial charge in [0.05, 0.1) is 0 Å². The van der Waals surface area contributed by atoms with Crippen LogP contribution in [0.25, 0.3) is 32.3 Å². The molecule has 346 valence electrons. The first-order valence-corrected chi connectivity index (χ1v) is 24.8. The molecule has 0 atom stereocenters. The van der Waals surface area contributed by atoms with E-state index < -0.39 is 0 Å². The van der Waals surface area contributed by atoms with Crippen LogP contribution in [0.3, 0.4) is 0 Å². The van der Waals surface area contributed by atoms with Crippen molar-refractivity contribution in [3.05, 3.63) is 291 Å². The van der Waals surface area contributed by atoms with Gasteiger partial charge in [-0.05, 0) is 178 Å². The SMILES string of the molecule is CC.c1ccc(N(c2ccc(N(c3ccc(N(c4ccccc4)c4ccc5ccccc5c4)cc3)c3ccc(N(c4ccccc4)c4ccc5ccccc5c4)cc3)cc2)c2ccc3ccccc3c2)cc1. The zero-order valence-electron chi connectivity index (χ0n) is 40.5. The number of hydrogen-bond acceptors (Lipinski definition) is 4. The summed E-state index contributed by atoms with van der Waals surface area (Å²) in [4.78, 5) is 9.35. The molecule has 0 heterocycles. The molecule has 72 heavy (non-hydrogen) atoms. The molecule has 0 aliphatic carbocycles. The smallest absolute Gasteiger partial charge is 0.0468 e. The summed E-state index contributed by atoms with van der Waals surface area (Å²) in [5.74, 6) is 0. The van der Waals surface area contributed by atoms with E-state index in [0.29, 0.717) is 0 Å². The van der Waals surface area contributed by atoms with E-state index in [-0.39, 0.29) is 0 Å². The lowest BCUT2D eigenvalue weighted by molar-refractivity contribution is 1.24. The molecule has 0 radical (unpaired) electrons. The number of para-hydroxylation sites is 3. The monoisotopic (exact) mass is 926 g/mol. The molecule has 0 saturated carbocycles. The van der Waals surface area contributed by atoms with Crippen LogP contribution < -0.4 is 19.6 Å². The minimum atomic E-state index is 1.04. The highest BCUT2D eigenvalue weighted by molar-refractivity contribution is 5.93. The molecule has 0 aliphatic heterocycles. The van der Waals surface area contributed by atoms with E-state index in [1.54, 1.807) is 0 Å². The summed E-state index contributed by atoms with van der Waals surface area (Å²) in [6, 6.07) is 104. The molecule has 4 heteroatoms. The Morgan fingerprint density at radius 2 is 0.319 bits per heavy atom. The summed E-state index contributed by atoms with van der Waals surface area (Å²) in [7, 11) is 0. The van der Waals surface area contributed by atoms with Gasteiger partial charge < -0.3 is 19.6 Å². The molecule has 0 fully saturated rings. The Bertz CT molecular complexity index is 3310. The van der Waals surface area contributed by atoms with Gasteiger partial charge >= 0.3 is 0 Å². The van der Waals surface area contributed by atoms with Gasteiger partial charge in [0.2, 0.25) is 0 Å². The molecule has 0 bridgehead atoms. The number of hydrogen-bond donors (Lipinski definition) is 0. The van der Waals surface area contributed by atoms with Crippen LogP contribution in [-0.4, -0.2) is 0 Å². The highest BCUT2D eigenvalue weighted by atomic mass is 15.2. The summed E-state index contributed by atoms with van der Waals surface area (Å²) >= 11 is 0. The highest BCUT2D eigenvalue weighted by Gasteiger charge is 2.20. The summed E-state index contributed by atoms with van der Waals surface area (Å²) in [5, 5.41) is 7.26. The second-order valence-electron chi connectivity index (χ2n) is 17.5. The molecule has 0 saturated heterocycles. The first-order chi connectivity index (χ1) is 35.7. The largest absolute Gasteiger partial charge is 0.310 e. The second-order valence-corrected chi connectivity index (χ2v) is 17.5. The van der Waals surface area contributed by atoms with Gasteiger partial charge in [-0.25, -0.2) is 0 Å². The first-order valence-electron chi connectivity index (χ1n) is 24.8. The van der Waals surface area contributed by atoms with Crippen molar-refractivity contribution < 1.29 is 0 Å². The minimum absolute atomic E-state index is 1.04. The molecular weight excluding hydrogens is 873 g/mol. The van der Waals surface area contributed by atoms with Crippen LogP contribution in [0.5, 0.6) is 0 Å². The molecule has 12 rings (SSSR count). The Morgan fingerprint density at radius 1 is 0.153 bits per heavy atom. The first kappa shape index (κ1) is 45.1. The Labute approximate surface area is 423 Å². The third-order valence-corrected chi connectivity index (χ3v) is 13.1. The van der Waals surface area contributed by atoms with Crippen molar-refractivity contribution in [3.63, 3.8) is 0 Å². The molecule has 0 unspecified atom stereocenters. The average molecular weight is 927 g/mol. The third-order valence-electron chi connectivity index (χ3n) is 13.1. The summed E-state index contributed by atoms with van der Waals surface area (Å²) < 4.78 is 0. The maximum Gasteiger partial charge on any atom is 0.0468 e. The van der Waals surface area contributed by atoms with E-state index in [0.717, 1.165) is 68.2 Å². The molecule has 0 aliphatic rings. The fraction of sp³-hybridized carbons (Fsp3) is 0.0294. The Hall–Kier alpha value is -9.38. The Kier molecular flexibility index (Phi) is 13.0. The average Bonchev–Trinajstić information content (AvgIpc) is 3.46. The van der Waals surface area contributed by atoms with Crippen LogP contribution in [-0.2, 0) is 0 Å². The van der Waals surface area contributed by atoms with Crippen LogP contribution >= 0.6 is 0 Å². The molecular formula is C68H54N4. The van der Waals surface area contributed by atoms with E-state index in [1.807, 2.05) is 13.8 Å². The number of rotatable bonds is 12. The zero-order valence-corrected chi connectivity index (χ0v) is 40.5. The van der Waals surface area contributed by atoms with Gasteiger partial charge in [-0.1, -0.05) is 159 Å². The topological polar surface area (TPSA) is 13.0 Å². The highest BCUT2D eigenvalue weighted by Crippen LogP contribution is 2.44. The fourth-order valence-electron chi connectivity index (χ4n) is 9.72. The van der Waals surface area contributed by atoms with Crippen molar-refractivity contribution in [2.45, 2.75) is 13.8 Å². The summed E-state index contributed by atoms with van der Waals surface area (Å²) in [5.41, 5.74) is 12.9. The van der Waals surface area contributed by atoms with Crippen molar-refractivity contribution in [2.75, 3.05) is 19.6 Å². The quantitative estimate of drug-likeness (QED) is 0.121. The molecule has 0 N–H and O–H groups in total. The molecule has 0 amide bonds. The Balaban J connectivity index is 0.00000277. The number of nitrogens with zero attached hydrogens (tertiary/aromatic N) is 4. The van der Waals surface area contributed by atoms with Crippen LogP contribution in [0.2, 0.25) is 0 Å². The van der Waals surface area contributed by atoms with E-state index in [4.69, 9.17) is 0 Å². The van der Waals surface area contributed by atoms with Crippen LogP contribution in [0.1, 0.15) is 13.8 Å². The van der Waals surface area contributed by atoms with Crippen molar-refractivity contribution in [1.29, 1.82) is 0 Å². The normalized spacial score (nSPS) is 10.9. The third kappa shape index (κ3) is 9.25. The van der Waals surface area contributed by atoms with Crippen molar-refractivity contribution in [1.82, 2.24) is 0 Å². The maximum atomic E-state index is 2.35. The van der Waals surface area contributed by atoms with Crippen LogP contribution in [0.15, 0.2) is 291 Å². The van der Waals surface area contributed by atoms with E-state index in [1.165, 1.54) is 32.3 Å². The van der Waals surface area contributed by atoms with Gasteiger partial charge in [0.25, 0.3) is 0 Å². The summed E-state index contributed by atoms with van der Waals surface area (Å²) in [6.07, 6.45) is 0. The van der Waals surface area contributed by atoms with Gasteiger partial charge in [-0.2, -0.15) is 0 Å². The van der Waals surface area contributed by atoms with Crippen LogP contribution in [0, 0.1) is 0 Å². The molecule has 4 nitrogen and oxygen atoms in total. The lowest BCUT2D eigenvalue weighted by Gasteiger charge is -2.30. The van der Waals surface area contributed by atoms with Crippen molar-refractivity contribution in [2.24, 2.45) is 0 Å². The van der Waals surface area contributed by atoms with Gasteiger partial charge in [0.1, 0.15) is 0 Å². The van der Waals surface area contributed by atoms with Gasteiger partial charge in [-0.15, -0.1) is 0 Å². The number of fused-ring (bicyclic) bond motifs is 3. The number of benzene rings is 12. The summed E-state index contributed by atoms with van der Waals surface area (Å²) in [6.45, 7) is 4.00.